The van der Waals surface area contributed by atoms with Crippen LogP contribution >= 0.6 is 0 Å². The van der Waals surface area contributed by atoms with E-state index in [0.29, 0.717) is 18.2 Å². The summed E-state index contributed by atoms with van der Waals surface area (Å²) in [5.41, 5.74) is 4.29. The average Bonchev–Trinajstić information content (AvgIpc) is 2.59. The van der Waals surface area contributed by atoms with Crippen LogP contribution < -0.4 is 5.32 Å². The maximum absolute atomic E-state index is 12.3. The van der Waals surface area contributed by atoms with E-state index in [1.165, 1.54) is 11.1 Å². The summed E-state index contributed by atoms with van der Waals surface area (Å²) in [5.74, 6) is -0.0268. The van der Waals surface area contributed by atoms with Gasteiger partial charge in [0, 0.05) is 24.7 Å². The van der Waals surface area contributed by atoms with Crippen molar-refractivity contribution in [2.24, 2.45) is 0 Å². The number of nitrogens with one attached hydrogen (secondary N) is 1. The second-order valence-electron chi connectivity index (χ2n) is 6.46. The van der Waals surface area contributed by atoms with Gasteiger partial charge in [0.05, 0.1) is 0 Å². The molecule has 0 aliphatic carbocycles. The van der Waals surface area contributed by atoms with Crippen LogP contribution in [0.2, 0.25) is 0 Å². The quantitative estimate of drug-likeness (QED) is 0.829. The van der Waals surface area contributed by atoms with Gasteiger partial charge >= 0.3 is 0 Å². The Labute approximate surface area is 145 Å². The van der Waals surface area contributed by atoms with Crippen LogP contribution in [0.1, 0.15) is 47.8 Å². The summed E-state index contributed by atoms with van der Waals surface area (Å²) in [5, 5.41) is 3.00. The second kappa shape index (κ2) is 8.65. The van der Waals surface area contributed by atoms with Crippen molar-refractivity contribution in [3.05, 3.63) is 70.8 Å². The summed E-state index contributed by atoms with van der Waals surface area (Å²) >= 11 is 0. The summed E-state index contributed by atoms with van der Waals surface area (Å²) in [4.78, 5) is 14.7. The van der Waals surface area contributed by atoms with Crippen LogP contribution in [-0.4, -0.2) is 23.4 Å². The molecule has 0 unspecified atom stereocenters. The van der Waals surface area contributed by atoms with Gasteiger partial charge in [-0.1, -0.05) is 43.3 Å². The van der Waals surface area contributed by atoms with Crippen molar-refractivity contribution in [1.82, 2.24) is 10.2 Å². The molecular weight excluding hydrogens is 296 g/mol. The van der Waals surface area contributed by atoms with Gasteiger partial charge in [-0.25, -0.2) is 0 Å². The highest BCUT2D eigenvalue weighted by molar-refractivity contribution is 5.94. The lowest BCUT2D eigenvalue weighted by Gasteiger charge is -2.24. The number of benzene rings is 2. The van der Waals surface area contributed by atoms with E-state index in [1.54, 1.807) is 0 Å². The van der Waals surface area contributed by atoms with Crippen molar-refractivity contribution >= 4 is 5.91 Å². The van der Waals surface area contributed by atoms with Gasteiger partial charge < -0.3 is 5.32 Å². The number of amides is 1. The Bertz CT molecular complexity index is 662. The Morgan fingerprint density at radius 2 is 1.75 bits per heavy atom. The van der Waals surface area contributed by atoms with E-state index >= 15 is 0 Å². The van der Waals surface area contributed by atoms with E-state index in [1.807, 2.05) is 42.5 Å². The molecule has 0 fully saturated rings. The van der Waals surface area contributed by atoms with E-state index in [2.05, 4.69) is 44.0 Å². The molecule has 0 spiro atoms. The van der Waals surface area contributed by atoms with Crippen molar-refractivity contribution in [2.75, 3.05) is 6.54 Å². The number of aryl methyl sites for hydroxylation is 1. The maximum Gasteiger partial charge on any atom is 0.251 e. The van der Waals surface area contributed by atoms with E-state index in [0.717, 1.165) is 18.7 Å². The summed E-state index contributed by atoms with van der Waals surface area (Å²) in [6, 6.07) is 16.6. The summed E-state index contributed by atoms with van der Waals surface area (Å²) in [7, 11) is 0. The van der Waals surface area contributed by atoms with Crippen LogP contribution in [0.3, 0.4) is 0 Å². The third kappa shape index (κ3) is 4.93. The lowest BCUT2D eigenvalue weighted by Crippen LogP contribution is -2.30. The SMILES string of the molecule is CCN(Cc1ccc(C(=O)NCc2ccccc2C)cc1)C(C)C. The molecular formula is C21H28N2O. The fourth-order valence-corrected chi connectivity index (χ4v) is 2.74. The topological polar surface area (TPSA) is 32.3 Å². The van der Waals surface area contributed by atoms with E-state index in [9.17, 15) is 4.79 Å². The lowest BCUT2D eigenvalue weighted by molar-refractivity contribution is 0.0951. The average molecular weight is 324 g/mol. The smallest absolute Gasteiger partial charge is 0.251 e. The largest absolute Gasteiger partial charge is 0.348 e. The van der Waals surface area contributed by atoms with Crippen LogP contribution in [-0.2, 0) is 13.1 Å². The molecule has 128 valence electrons. The third-order valence-corrected chi connectivity index (χ3v) is 4.44. The van der Waals surface area contributed by atoms with Gasteiger partial charge in [0.2, 0.25) is 0 Å². The van der Waals surface area contributed by atoms with Crippen molar-refractivity contribution in [1.29, 1.82) is 0 Å². The molecule has 0 bridgehead atoms. The molecule has 0 saturated carbocycles. The number of nitrogens with zero attached hydrogens (tertiary/aromatic N) is 1. The zero-order valence-electron chi connectivity index (χ0n) is 15.2. The zero-order chi connectivity index (χ0) is 17.5. The van der Waals surface area contributed by atoms with Gasteiger partial charge in [0.1, 0.15) is 0 Å². The van der Waals surface area contributed by atoms with Gasteiger partial charge in [0.25, 0.3) is 5.91 Å². The predicted octanol–water partition coefficient (Wildman–Crippen LogP) is 4.16. The maximum atomic E-state index is 12.3. The van der Waals surface area contributed by atoms with Crippen molar-refractivity contribution in [3.63, 3.8) is 0 Å². The Hall–Kier alpha value is -2.13. The highest BCUT2D eigenvalue weighted by atomic mass is 16.1. The zero-order valence-corrected chi connectivity index (χ0v) is 15.2. The highest BCUT2D eigenvalue weighted by Crippen LogP contribution is 2.11. The molecule has 1 amide bonds. The molecule has 0 radical (unpaired) electrons. The molecule has 0 aromatic heterocycles. The summed E-state index contributed by atoms with van der Waals surface area (Å²) in [6.07, 6.45) is 0. The Morgan fingerprint density at radius 3 is 2.33 bits per heavy atom. The van der Waals surface area contributed by atoms with Gasteiger partial charge in [-0.3, -0.25) is 9.69 Å². The standard InChI is InChI=1S/C21H28N2O/c1-5-23(16(2)3)15-18-10-12-19(13-11-18)21(24)22-14-20-9-7-6-8-17(20)4/h6-13,16H,5,14-15H2,1-4H3,(H,22,24). The normalized spacial score (nSPS) is 11.1. The molecule has 0 saturated heterocycles. The van der Waals surface area contributed by atoms with Gasteiger partial charge in [-0.05, 0) is 56.1 Å². The first-order chi connectivity index (χ1) is 11.5. The van der Waals surface area contributed by atoms with Crippen LogP contribution in [0.15, 0.2) is 48.5 Å². The minimum absolute atomic E-state index is 0.0268. The van der Waals surface area contributed by atoms with Crippen molar-refractivity contribution in [3.8, 4) is 0 Å². The molecule has 0 heterocycles. The first kappa shape index (κ1) is 18.2. The molecule has 3 heteroatoms. The van der Waals surface area contributed by atoms with Crippen LogP contribution in [0.25, 0.3) is 0 Å². The first-order valence-electron chi connectivity index (χ1n) is 8.67. The van der Waals surface area contributed by atoms with Gasteiger partial charge in [0.15, 0.2) is 0 Å². The number of carbonyl (C=O) groups is 1. The minimum atomic E-state index is -0.0268. The van der Waals surface area contributed by atoms with E-state index in [-0.39, 0.29) is 5.91 Å². The first-order valence-corrected chi connectivity index (χ1v) is 8.67. The predicted molar refractivity (Wildman–Crippen MR) is 100 cm³/mol. The van der Waals surface area contributed by atoms with Crippen molar-refractivity contribution < 1.29 is 4.79 Å². The molecule has 0 atom stereocenters. The van der Waals surface area contributed by atoms with Gasteiger partial charge in [-0.15, -0.1) is 0 Å². The molecule has 2 aromatic rings. The molecule has 2 rings (SSSR count). The monoisotopic (exact) mass is 324 g/mol. The molecule has 3 nitrogen and oxygen atoms in total. The molecule has 1 N–H and O–H groups in total. The molecule has 0 aliphatic rings. The fourth-order valence-electron chi connectivity index (χ4n) is 2.74. The minimum Gasteiger partial charge on any atom is -0.348 e. The number of hydrogen-bond acceptors (Lipinski definition) is 2. The molecule has 2 aromatic carbocycles. The second-order valence-corrected chi connectivity index (χ2v) is 6.46. The number of hydrogen-bond donors (Lipinski definition) is 1. The summed E-state index contributed by atoms with van der Waals surface area (Å²) < 4.78 is 0. The lowest BCUT2D eigenvalue weighted by atomic mass is 10.1. The highest BCUT2D eigenvalue weighted by Gasteiger charge is 2.09. The Kier molecular flexibility index (Phi) is 6.56. The van der Waals surface area contributed by atoms with E-state index < -0.39 is 0 Å². The van der Waals surface area contributed by atoms with Gasteiger partial charge in [-0.2, -0.15) is 0 Å². The molecule has 24 heavy (non-hydrogen) atoms. The van der Waals surface area contributed by atoms with Crippen molar-refractivity contribution in [2.45, 2.75) is 46.8 Å². The molecule has 0 aliphatic heterocycles. The van der Waals surface area contributed by atoms with Crippen LogP contribution in [0.5, 0.6) is 0 Å². The Balaban J connectivity index is 1.95. The van der Waals surface area contributed by atoms with E-state index in [4.69, 9.17) is 0 Å². The number of rotatable bonds is 7. The Morgan fingerprint density at radius 1 is 1.08 bits per heavy atom. The number of carbonyl (C=O) groups excluding carboxylic acids is 1. The van der Waals surface area contributed by atoms with Crippen LogP contribution in [0, 0.1) is 6.92 Å². The third-order valence-electron chi connectivity index (χ3n) is 4.44. The summed E-state index contributed by atoms with van der Waals surface area (Å²) in [6.45, 7) is 11.1. The van der Waals surface area contributed by atoms with Crippen LogP contribution in [0.4, 0.5) is 0 Å². The fraction of sp³-hybridized carbons (Fsp3) is 0.381.